The molecule has 1 atom stereocenters. The Labute approximate surface area is 176 Å². The van der Waals surface area contributed by atoms with Crippen LogP contribution < -0.4 is 29.2 Å². The number of amides is 1. The fourth-order valence-electron chi connectivity index (χ4n) is 3.94. The van der Waals surface area contributed by atoms with Gasteiger partial charge in [0.2, 0.25) is 6.79 Å². The lowest BCUT2D eigenvalue weighted by molar-refractivity contribution is -0.908. The first-order valence-corrected chi connectivity index (χ1v) is 10.6. The standard InChI is InChI=1S/C23H28N2O5/c1-3-27-21-10-17-7-8-25(13-18(17)11-22(21)28-4-2)14-23(26)24-12-16-5-6-19-20(9-16)30-15-29-19/h5-6,9-11H,3-4,7-8,12-15H2,1-2H3,(H,24,26)/p+1. The second-order valence-electron chi connectivity index (χ2n) is 7.50. The minimum atomic E-state index is 0.0436. The highest BCUT2D eigenvalue weighted by atomic mass is 16.7. The van der Waals surface area contributed by atoms with Crippen molar-refractivity contribution in [1.29, 1.82) is 0 Å². The second-order valence-corrected chi connectivity index (χ2v) is 7.50. The number of quaternary nitrogens is 1. The van der Waals surface area contributed by atoms with Crippen LogP contribution in [0.25, 0.3) is 0 Å². The smallest absolute Gasteiger partial charge is 0.275 e. The fraction of sp³-hybridized carbons (Fsp3) is 0.435. The summed E-state index contributed by atoms with van der Waals surface area (Å²) in [5, 5.41) is 3.02. The molecule has 160 valence electrons. The molecule has 0 radical (unpaired) electrons. The molecule has 2 aliphatic rings. The molecular weight excluding hydrogens is 384 g/mol. The van der Waals surface area contributed by atoms with Crippen LogP contribution in [0.4, 0.5) is 0 Å². The summed E-state index contributed by atoms with van der Waals surface area (Å²) in [4.78, 5) is 13.8. The molecule has 0 saturated carbocycles. The van der Waals surface area contributed by atoms with Gasteiger partial charge in [0.1, 0.15) is 6.54 Å². The Balaban J connectivity index is 1.34. The molecule has 0 aliphatic carbocycles. The second kappa shape index (κ2) is 9.26. The first kappa shape index (κ1) is 20.3. The van der Waals surface area contributed by atoms with E-state index >= 15 is 0 Å². The van der Waals surface area contributed by atoms with Gasteiger partial charge in [-0.2, -0.15) is 0 Å². The van der Waals surface area contributed by atoms with Gasteiger partial charge >= 0.3 is 0 Å². The summed E-state index contributed by atoms with van der Waals surface area (Å²) >= 11 is 0. The Hall–Kier alpha value is -2.93. The van der Waals surface area contributed by atoms with Gasteiger partial charge in [-0.25, -0.2) is 0 Å². The van der Waals surface area contributed by atoms with Crippen molar-refractivity contribution in [1.82, 2.24) is 5.32 Å². The lowest BCUT2D eigenvalue weighted by atomic mass is 9.98. The maximum absolute atomic E-state index is 12.5. The van der Waals surface area contributed by atoms with Crippen LogP contribution in [0, 0.1) is 0 Å². The van der Waals surface area contributed by atoms with Gasteiger partial charge in [0, 0.05) is 18.5 Å². The van der Waals surface area contributed by atoms with E-state index in [1.165, 1.54) is 16.0 Å². The Morgan fingerprint density at radius 1 is 1.03 bits per heavy atom. The molecule has 0 aromatic heterocycles. The number of nitrogens with one attached hydrogen (secondary N) is 2. The maximum atomic E-state index is 12.5. The minimum Gasteiger partial charge on any atom is -0.490 e. The highest BCUT2D eigenvalue weighted by Crippen LogP contribution is 2.33. The van der Waals surface area contributed by atoms with E-state index < -0.39 is 0 Å². The first-order valence-electron chi connectivity index (χ1n) is 10.6. The van der Waals surface area contributed by atoms with Gasteiger partial charge in [0.25, 0.3) is 5.91 Å². The van der Waals surface area contributed by atoms with Gasteiger partial charge in [0.05, 0.1) is 19.8 Å². The third kappa shape index (κ3) is 4.62. The predicted molar refractivity (Wildman–Crippen MR) is 111 cm³/mol. The van der Waals surface area contributed by atoms with E-state index in [0.717, 1.165) is 48.1 Å². The van der Waals surface area contributed by atoms with Gasteiger partial charge in [0.15, 0.2) is 29.5 Å². The van der Waals surface area contributed by atoms with Crippen molar-refractivity contribution in [3.05, 3.63) is 47.0 Å². The summed E-state index contributed by atoms with van der Waals surface area (Å²) in [7, 11) is 0. The number of hydrogen-bond donors (Lipinski definition) is 2. The largest absolute Gasteiger partial charge is 0.490 e. The van der Waals surface area contributed by atoms with E-state index in [-0.39, 0.29) is 12.7 Å². The molecular formula is C23H29N2O5+. The Morgan fingerprint density at radius 2 is 1.77 bits per heavy atom. The van der Waals surface area contributed by atoms with Crippen LogP contribution in [0.5, 0.6) is 23.0 Å². The van der Waals surface area contributed by atoms with Crippen LogP contribution in [0.1, 0.15) is 30.5 Å². The van der Waals surface area contributed by atoms with Crippen molar-refractivity contribution in [3.63, 3.8) is 0 Å². The van der Waals surface area contributed by atoms with E-state index in [0.29, 0.717) is 26.3 Å². The lowest BCUT2D eigenvalue weighted by Crippen LogP contribution is -3.12. The molecule has 0 spiro atoms. The zero-order valence-corrected chi connectivity index (χ0v) is 17.6. The summed E-state index contributed by atoms with van der Waals surface area (Å²) in [5.41, 5.74) is 3.51. The molecule has 30 heavy (non-hydrogen) atoms. The third-order valence-corrected chi connectivity index (χ3v) is 5.39. The van der Waals surface area contributed by atoms with Crippen LogP contribution >= 0.6 is 0 Å². The molecule has 7 heteroatoms. The minimum absolute atomic E-state index is 0.0436. The van der Waals surface area contributed by atoms with Gasteiger partial charge in [-0.05, 0) is 49.2 Å². The number of hydrogen-bond acceptors (Lipinski definition) is 5. The lowest BCUT2D eigenvalue weighted by Gasteiger charge is -2.26. The number of fused-ring (bicyclic) bond motifs is 2. The average molecular weight is 413 g/mol. The van der Waals surface area contributed by atoms with Crippen LogP contribution in [-0.4, -0.2) is 39.0 Å². The zero-order valence-electron chi connectivity index (χ0n) is 17.6. The molecule has 2 aliphatic heterocycles. The number of carbonyl (C=O) groups excluding carboxylic acids is 1. The monoisotopic (exact) mass is 413 g/mol. The van der Waals surface area contributed by atoms with Gasteiger partial charge in [-0.15, -0.1) is 0 Å². The van der Waals surface area contributed by atoms with E-state index in [4.69, 9.17) is 18.9 Å². The highest BCUT2D eigenvalue weighted by molar-refractivity contribution is 5.76. The molecule has 2 N–H and O–H groups in total. The van der Waals surface area contributed by atoms with Crippen molar-refractivity contribution in [2.24, 2.45) is 0 Å². The molecule has 1 unspecified atom stereocenters. The van der Waals surface area contributed by atoms with Gasteiger partial charge in [-0.3, -0.25) is 4.79 Å². The Bertz CT molecular complexity index is 915. The predicted octanol–water partition coefficient (Wildman–Crippen LogP) is 1.47. The van der Waals surface area contributed by atoms with Crippen LogP contribution in [0.3, 0.4) is 0 Å². The van der Waals surface area contributed by atoms with E-state index in [9.17, 15) is 4.79 Å². The normalized spacial score (nSPS) is 16.7. The summed E-state index contributed by atoms with van der Waals surface area (Å²) < 4.78 is 22.2. The zero-order chi connectivity index (χ0) is 20.9. The number of ether oxygens (including phenoxy) is 4. The molecule has 2 heterocycles. The average Bonchev–Trinajstić information content (AvgIpc) is 3.21. The molecule has 2 aromatic carbocycles. The summed E-state index contributed by atoms with van der Waals surface area (Å²) in [5.74, 6) is 3.12. The van der Waals surface area contributed by atoms with Crippen LogP contribution in [-0.2, 0) is 24.3 Å². The van der Waals surface area contributed by atoms with Crippen molar-refractivity contribution in [3.8, 4) is 23.0 Å². The first-order chi connectivity index (χ1) is 14.7. The van der Waals surface area contributed by atoms with E-state index in [2.05, 4.69) is 17.4 Å². The van der Waals surface area contributed by atoms with Crippen molar-refractivity contribution in [2.75, 3.05) is 33.1 Å². The van der Waals surface area contributed by atoms with Crippen LogP contribution in [0.2, 0.25) is 0 Å². The molecule has 0 bridgehead atoms. The SMILES string of the molecule is CCOc1cc2c(cc1OCC)C[NH+](CC(=O)NCc1ccc3c(c1)OCO3)CC2. The van der Waals surface area contributed by atoms with Crippen molar-refractivity contribution < 1.29 is 28.6 Å². The van der Waals surface area contributed by atoms with E-state index in [1.54, 1.807) is 0 Å². The van der Waals surface area contributed by atoms with Gasteiger partial charge in [-0.1, -0.05) is 6.07 Å². The third-order valence-electron chi connectivity index (χ3n) is 5.39. The van der Waals surface area contributed by atoms with Gasteiger partial charge < -0.3 is 29.2 Å². The summed E-state index contributed by atoms with van der Waals surface area (Å²) in [6.07, 6.45) is 0.923. The Kier molecular flexibility index (Phi) is 6.28. The fourth-order valence-corrected chi connectivity index (χ4v) is 3.94. The van der Waals surface area contributed by atoms with Crippen LogP contribution in [0.15, 0.2) is 30.3 Å². The maximum Gasteiger partial charge on any atom is 0.275 e. The van der Waals surface area contributed by atoms with Crippen molar-refractivity contribution >= 4 is 5.91 Å². The van der Waals surface area contributed by atoms with Crippen molar-refractivity contribution in [2.45, 2.75) is 33.4 Å². The summed E-state index contributed by atoms with van der Waals surface area (Å²) in [6.45, 7) is 8.05. The highest BCUT2D eigenvalue weighted by Gasteiger charge is 2.24. The quantitative estimate of drug-likeness (QED) is 0.686. The molecule has 2 aromatic rings. The molecule has 1 amide bonds. The molecule has 7 nitrogen and oxygen atoms in total. The molecule has 0 fully saturated rings. The Morgan fingerprint density at radius 3 is 2.53 bits per heavy atom. The topological polar surface area (TPSA) is 70.5 Å². The summed E-state index contributed by atoms with van der Waals surface area (Å²) in [6, 6.07) is 9.91. The number of benzene rings is 2. The number of carbonyl (C=O) groups is 1. The van der Waals surface area contributed by atoms with E-state index in [1.807, 2.05) is 32.0 Å². The molecule has 4 rings (SSSR count). The number of rotatable bonds is 8. The molecule has 0 saturated heterocycles.